The molecule has 3 heterocycles. The third-order valence-corrected chi connectivity index (χ3v) is 5.98. The summed E-state index contributed by atoms with van der Waals surface area (Å²) in [5.41, 5.74) is 2.46. The third kappa shape index (κ3) is 2.95. The molecule has 8 heteroatoms. The van der Waals surface area contributed by atoms with Gasteiger partial charge in [-0.2, -0.15) is 4.68 Å². The van der Waals surface area contributed by atoms with E-state index in [0.717, 1.165) is 41.8 Å². The van der Waals surface area contributed by atoms with Gasteiger partial charge in [0.25, 0.3) is 0 Å². The molecule has 0 amide bonds. The highest BCUT2D eigenvalue weighted by atomic mass is 32.1. The molecule has 1 N–H and O–H groups in total. The van der Waals surface area contributed by atoms with Gasteiger partial charge in [-0.25, -0.2) is 4.79 Å². The minimum Gasteiger partial charge on any atom is -0.459 e. The zero-order valence-corrected chi connectivity index (χ0v) is 15.2. The summed E-state index contributed by atoms with van der Waals surface area (Å²) in [6.07, 6.45) is 5.39. The van der Waals surface area contributed by atoms with E-state index in [2.05, 4.69) is 20.8 Å². The molecule has 0 bridgehead atoms. The van der Waals surface area contributed by atoms with Crippen LogP contribution in [0.2, 0.25) is 0 Å². The van der Waals surface area contributed by atoms with Gasteiger partial charge in [0.15, 0.2) is 0 Å². The summed E-state index contributed by atoms with van der Waals surface area (Å²) >= 11 is 1.61. The predicted octanol–water partition coefficient (Wildman–Crippen LogP) is 3.21. The van der Waals surface area contributed by atoms with Crippen molar-refractivity contribution in [2.75, 3.05) is 5.32 Å². The quantitative estimate of drug-likeness (QED) is 0.848. The van der Waals surface area contributed by atoms with Gasteiger partial charge in [-0.05, 0) is 67.0 Å². The van der Waals surface area contributed by atoms with Crippen LogP contribution in [-0.4, -0.2) is 32.3 Å². The van der Waals surface area contributed by atoms with Gasteiger partial charge in [-0.15, -0.1) is 11.3 Å². The van der Waals surface area contributed by atoms with E-state index in [0.29, 0.717) is 11.5 Å². The van der Waals surface area contributed by atoms with Crippen LogP contribution in [0, 0.1) is 6.92 Å². The molecule has 0 aromatic carbocycles. The number of hydrogen-bond acceptors (Lipinski definition) is 7. The van der Waals surface area contributed by atoms with Crippen LogP contribution in [0.4, 0.5) is 5.95 Å². The van der Waals surface area contributed by atoms with Gasteiger partial charge in [0.1, 0.15) is 12.1 Å². The molecule has 1 atom stereocenters. The van der Waals surface area contributed by atoms with Crippen LogP contribution in [0.25, 0.3) is 0 Å². The standard InChI is InChI=1S/C17H21N5O2S/c1-10-8-9-25-15(10)14-13(11(2)18-17-19-20-21-22(14)17)16(23)24-12-6-4-3-5-7-12/h8-9,12,14H,3-7H2,1-2H3,(H,18,19,21). The second-order valence-corrected chi connectivity index (χ2v) is 7.59. The van der Waals surface area contributed by atoms with E-state index in [1.165, 1.54) is 6.42 Å². The summed E-state index contributed by atoms with van der Waals surface area (Å²) in [4.78, 5) is 14.1. The Bertz CT molecular complexity index is 819. The second kappa shape index (κ2) is 6.59. The van der Waals surface area contributed by atoms with Gasteiger partial charge >= 0.3 is 5.97 Å². The summed E-state index contributed by atoms with van der Waals surface area (Å²) in [5.74, 6) is 0.278. The molecule has 2 aromatic rings. The van der Waals surface area contributed by atoms with Gasteiger partial charge in [-0.3, -0.25) is 0 Å². The minimum atomic E-state index is -0.345. The second-order valence-electron chi connectivity index (χ2n) is 6.65. The maximum absolute atomic E-state index is 13.0. The van der Waals surface area contributed by atoms with Crippen LogP contribution in [0.5, 0.6) is 0 Å². The highest BCUT2D eigenvalue weighted by molar-refractivity contribution is 7.10. The molecule has 0 spiro atoms. The molecule has 1 aliphatic heterocycles. The monoisotopic (exact) mass is 359 g/mol. The third-order valence-electron chi connectivity index (χ3n) is 4.91. The van der Waals surface area contributed by atoms with Crippen molar-refractivity contribution >= 4 is 23.3 Å². The lowest BCUT2D eigenvalue weighted by atomic mass is 9.97. The molecule has 4 rings (SSSR count). The van der Waals surface area contributed by atoms with Crippen molar-refractivity contribution in [3.63, 3.8) is 0 Å². The largest absolute Gasteiger partial charge is 0.459 e. The average Bonchev–Trinajstić information content (AvgIpc) is 3.23. The molecular weight excluding hydrogens is 338 g/mol. The van der Waals surface area contributed by atoms with E-state index in [9.17, 15) is 4.79 Å². The number of tetrazole rings is 1. The lowest BCUT2D eigenvalue weighted by Gasteiger charge is -2.29. The van der Waals surface area contributed by atoms with Gasteiger partial charge in [0.2, 0.25) is 5.95 Å². The molecule has 1 unspecified atom stereocenters. The lowest BCUT2D eigenvalue weighted by molar-refractivity contribution is -0.146. The molecule has 1 saturated carbocycles. The van der Waals surface area contributed by atoms with E-state index < -0.39 is 0 Å². The number of nitrogens with zero attached hydrogens (tertiary/aromatic N) is 4. The van der Waals surface area contributed by atoms with Crippen molar-refractivity contribution in [3.8, 4) is 0 Å². The van der Waals surface area contributed by atoms with Crippen LogP contribution < -0.4 is 5.32 Å². The predicted molar refractivity (Wildman–Crippen MR) is 94.3 cm³/mol. The average molecular weight is 359 g/mol. The molecule has 2 aliphatic rings. The van der Waals surface area contributed by atoms with Crippen LogP contribution in [0.15, 0.2) is 22.7 Å². The van der Waals surface area contributed by atoms with Gasteiger partial charge in [0, 0.05) is 10.6 Å². The number of ether oxygens (including phenoxy) is 1. The molecule has 0 saturated heterocycles. The number of anilines is 1. The summed E-state index contributed by atoms with van der Waals surface area (Å²) < 4.78 is 7.52. The number of thiophene rings is 1. The highest BCUT2D eigenvalue weighted by Gasteiger charge is 2.37. The summed E-state index contributed by atoms with van der Waals surface area (Å²) in [5, 5.41) is 17.0. The minimum absolute atomic E-state index is 0.0156. The molecule has 0 radical (unpaired) electrons. The first-order valence-corrected chi connectivity index (χ1v) is 9.53. The van der Waals surface area contributed by atoms with Crippen LogP contribution >= 0.6 is 11.3 Å². The number of esters is 1. The maximum Gasteiger partial charge on any atom is 0.338 e. The van der Waals surface area contributed by atoms with Crippen LogP contribution in [-0.2, 0) is 9.53 Å². The summed E-state index contributed by atoms with van der Waals surface area (Å²) in [6.45, 7) is 3.92. The first kappa shape index (κ1) is 16.3. The Morgan fingerprint density at radius 2 is 2.12 bits per heavy atom. The fourth-order valence-corrected chi connectivity index (χ4v) is 4.60. The Balaban J connectivity index is 1.70. The first-order chi connectivity index (χ1) is 12.1. The van der Waals surface area contributed by atoms with Crippen molar-refractivity contribution in [3.05, 3.63) is 33.2 Å². The number of hydrogen-bond donors (Lipinski definition) is 1. The molecule has 1 aliphatic carbocycles. The molecule has 132 valence electrons. The fourth-order valence-electron chi connectivity index (χ4n) is 3.58. The lowest BCUT2D eigenvalue weighted by Crippen LogP contribution is -2.31. The van der Waals surface area contributed by atoms with Crippen molar-refractivity contribution < 1.29 is 9.53 Å². The smallest absolute Gasteiger partial charge is 0.338 e. The number of aryl methyl sites for hydroxylation is 1. The number of carbonyl (C=O) groups is 1. The van der Waals surface area contributed by atoms with E-state index in [4.69, 9.17) is 4.74 Å². The van der Waals surface area contributed by atoms with E-state index in [1.54, 1.807) is 16.0 Å². The van der Waals surface area contributed by atoms with Crippen molar-refractivity contribution in [1.29, 1.82) is 0 Å². The van der Waals surface area contributed by atoms with Gasteiger partial charge in [-0.1, -0.05) is 11.5 Å². The molecule has 2 aromatic heterocycles. The maximum atomic E-state index is 13.0. The van der Waals surface area contributed by atoms with Gasteiger partial charge < -0.3 is 10.1 Å². The van der Waals surface area contributed by atoms with E-state index in [1.807, 2.05) is 25.3 Å². The number of rotatable bonds is 3. The van der Waals surface area contributed by atoms with Crippen molar-refractivity contribution in [2.24, 2.45) is 0 Å². The molecule has 7 nitrogen and oxygen atoms in total. The normalized spacial score (nSPS) is 21.0. The van der Waals surface area contributed by atoms with E-state index >= 15 is 0 Å². The Labute approximate surface area is 150 Å². The molecular formula is C17H21N5O2S. The number of carbonyl (C=O) groups excluding carboxylic acids is 1. The Hall–Kier alpha value is -2.22. The SMILES string of the molecule is CC1=C(C(=O)OC2CCCCC2)C(c2sccc2C)n2nnnc2N1. The Morgan fingerprint density at radius 3 is 2.84 bits per heavy atom. The zero-order valence-electron chi connectivity index (χ0n) is 14.4. The van der Waals surface area contributed by atoms with Crippen LogP contribution in [0.3, 0.4) is 0 Å². The number of allylic oxidation sites excluding steroid dienone is 1. The number of aromatic nitrogens is 4. The molecule has 25 heavy (non-hydrogen) atoms. The summed E-state index contributed by atoms with van der Waals surface area (Å²) in [6, 6.07) is 1.70. The zero-order chi connectivity index (χ0) is 17.4. The highest BCUT2D eigenvalue weighted by Crippen LogP contribution is 2.39. The Morgan fingerprint density at radius 1 is 1.32 bits per heavy atom. The number of fused-ring (bicyclic) bond motifs is 1. The Kier molecular flexibility index (Phi) is 4.29. The number of nitrogens with one attached hydrogen (secondary N) is 1. The topological polar surface area (TPSA) is 81.9 Å². The fraction of sp³-hybridized carbons (Fsp3) is 0.529. The molecule has 1 fully saturated rings. The first-order valence-electron chi connectivity index (χ1n) is 8.66. The van der Waals surface area contributed by atoms with Crippen molar-refractivity contribution in [2.45, 2.75) is 58.1 Å². The van der Waals surface area contributed by atoms with Crippen molar-refractivity contribution in [1.82, 2.24) is 20.2 Å². The summed E-state index contributed by atoms with van der Waals surface area (Å²) in [7, 11) is 0. The van der Waals surface area contributed by atoms with Crippen LogP contribution in [0.1, 0.15) is 55.5 Å². The van der Waals surface area contributed by atoms with E-state index in [-0.39, 0.29) is 18.1 Å². The van der Waals surface area contributed by atoms with Gasteiger partial charge in [0.05, 0.1) is 5.57 Å².